The van der Waals surface area contributed by atoms with Crippen LogP contribution in [0.5, 0.6) is 0 Å². The molecule has 2 N–H and O–H groups in total. The maximum atomic E-state index is 13.7. The zero-order valence-corrected chi connectivity index (χ0v) is 20.8. The number of halogens is 4. The fraction of sp³-hybridized carbons (Fsp3) is 0.0741. The van der Waals surface area contributed by atoms with Gasteiger partial charge in [0.05, 0.1) is 45.5 Å². The number of hydrogen-bond acceptors (Lipinski definition) is 5. The van der Waals surface area contributed by atoms with Crippen LogP contribution in [0.3, 0.4) is 0 Å². The normalized spacial score (nSPS) is 11.8. The quantitative estimate of drug-likeness (QED) is 0.237. The van der Waals surface area contributed by atoms with Crippen LogP contribution in [0.25, 0.3) is 10.9 Å². The molecule has 0 aliphatic carbocycles. The van der Waals surface area contributed by atoms with Gasteiger partial charge in [0.15, 0.2) is 0 Å². The van der Waals surface area contributed by atoms with Crippen molar-refractivity contribution in [2.75, 3.05) is 10.6 Å². The van der Waals surface area contributed by atoms with Crippen LogP contribution in [0.2, 0.25) is 10.0 Å². The van der Waals surface area contributed by atoms with E-state index in [4.69, 9.17) is 23.2 Å². The van der Waals surface area contributed by atoms with Gasteiger partial charge < -0.3 is 15.2 Å². The van der Waals surface area contributed by atoms with Crippen LogP contribution in [0.4, 0.5) is 25.8 Å². The van der Waals surface area contributed by atoms with E-state index in [1.54, 1.807) is 30.6 Å². The van der Waals surface area contributed by atoms with Crippen molar-refractivity contribution in [1.29, 1.82) is 5.26 Å². The predicted molar refractivity (Wildman–Crippen MR) is 141 cm³/mol. The van der Waals surface area contributed by atoms with Gasteiger partial charge in [0.1, 0.15) is 17.7 Å². The Hall–Kier alpha value is -4.19. The molecule has 0 fully saturated rings. The molecule has 6 nitrogen and oxygen atoms in total. The first kappa shape index (κ1) is 24.5. The standard InChI is InChI=1S/C27H18Cl2F2N6/c1-37-13-24(34-14-37)26(15-2-4-18(30)5-3-15)36-23-9-17(28)8-20-25(16(11-32)12-33-27(20)23)35-19-6-7-22(31)21(29)10-19/h2-10,12-14,26,36H,1H3,(H,33,35). The number of imidazole rings is 1. The van der Waals surface area contributed by atoms with E-state index < -0.39 is 11.9 Å². The number of anilines is 3. The van der Waals surface area contributed by atoms with Crippen molar-refractivity contribution in [2.45, 2.75) is 6.04 Å². The van der Waals surface area contributed by atoms with E-state index in [0.29, 0.717) is 38.7 Å². The summed E-state index contributed by atoms with van der Waals surface area (Å²) in [5.41, 5.74) is 3.78. The number of rotatable bonds is 6. The molecule has 184 valence electrons. The molecule has 5 rings (SSSR count). The summed E-state index contributed by atoms with van der Waals surface area (Å²) in [5, 5.41) is 17.3. The minimum absolute atomic E-state index is 0.0558. The highest BCUT2D eigenvalue weighted by molar-refractivity contribution is 6.32. The molecule has 1 unspecified atom stereocenters. The van der Waals surface area contributed by atoms with Crippen LogP contribution in [-0.4, -0.2) is 14.5 Å². The van der Waals surface area contributed by atoms with E-state index in [2.05, 4.69) is 26.7 Å². The fourth-order valence-electron chi connectivity index (χ4n) is 4.04. The highest BCUT2D eigenvalue weighted by Crippen LogP contribution is 2.37. The van der Waals surface area contributed by atoms with Gasteiger partial charge in [-0.2, -0.15) is 5.26 Å². The first-order valence-electron chi connectivity index (χ1n) is 11.1. The number of nitrogens with one attached hydrogen (secondary N) is 2. The first-order valence-corrected chi connectivity index (χ1v) is 11.8. The number of nitriles is 1. The number of pyridine rings is 1. The second-order valence-corrected chi connectivity index (χ2v) is 9.20. The van der Waals surface area contributed by atoms with Crippen molar-refractivity contribution in [2.24, 2.45) is 7.05 Å². The number of benzene rings is 3. The maximum Gasteiger partial charge on any atom is 0.141 e. The second-order valence-electron chi connectivity index (χ2n) is 8.35. The monoisotopic (exact) mass is 534 g/mol. The second kappa shape index (κ2) is 10.1. The SMILES string of the molecule is Cn1cnc(C(Nc2cc(Cl)cc3c(Nc4ccc(F)c(Cl)c4)c(C#N)cnc23)c2ccc(F)cc2)c1. The Bertz CT molecular complexity index is 1660. The van der Waals surface area contributed by atoms with Gasteiger partial charge in [0.2, 0.25) is 0 Å². The third kappa shape index (κ3) is 5.05. The molecular weight excluding hydrogens is 517 g/mol. The lowest BCUT2D eigenvalue weighted by molar-refractivity contribution is 0.626. The summed E-state index contributed by atoms with van der Waals surface area (Å²) in [6.07, 6.45) is 4.99. The van der Waals surface area contributed by atoms with Gasteiger partial charge in [0, 0.05) is 35.5 Å². The predicted octanol–water partition coefficient (Wildman–Crippen LogP) is 7.37. The summed E-state index contributed by atoms with van der Waals surface area (Å²) in [7, 11) is 1.86. The topological polar surface area (TPSA) is 78.6 Å². The summed E-state index contributed by atoms with van der Waals surface area (Å²) in [5.74, 6) is -0.901. The molecule has 0 saturated heterocycles. The van der Waals surface area contributed by atoms with Crippen LogP contribution < -0.4 is 10.6 Å². The van der Waals surface area contributed by atoms with Crippen molar-refractivity contribution < 1.29 is 8.78 Å². The molecule has 0 spiro atoms. The number of fused-ring (bicyclic) bond motifs is 1. The van der Waals surface area contributed by atoms with Gasteiger partial charge >= 0.3 is 0 Å². The Morgan fingerprint density at radius 3 is 2.49 bits per heavy atom. The Morgan fingerprint density at radius 1 is 1.03 bits per heavy atom. The Balaban J connectivity index is 1.64. The van der Waals surface area contributed by atoms with Crippen molar-refractivity contribution in [1.82, 2.24) is 14.5 Å². The van der Waals surface area contributed by atoms with E-state index in [-0.39, 0.29) is 16.4 Å². The van der Waals surface area contributed by atoms with E-state index >= 15 is 0 Å². The van der Waals surface area contributed by atoms with Gasteiger partial charge in [-0.1, -0.05) is 35.3 Å². The van der Waals surface area contributed by atoms with Crippen LogP contribution in [0.15, 0.2) is 73.3 Å². The molecule has 2 heterocycles. The molecule has 0 saturated carbocycles. The Labute approximate surface area is 221 Å². The lowest BCUT2D eigenvalue weighted by Gasteiger charge is -2.21. The minimum Gasteiger partial charge on any atom is -0.371 e. The molecule has 37 heavy (non-hydrogen) atoms. The van der Waals surface area contributed by atoms with Crippen molar-refractivity contribution in [3.63, 3.8) is 0 Å². The molecule has 5 aromatic rings. The van der Waals surface area contributed by atoms with Gasteiger partial charge in [0.25, 0.3) is 0 Å². The lowest BCUT2D eigenvalue weighted by atomic mass is 10.0. The lowest BCUT2D eigenvalue weighted by Crippen LogP contribution is -2.14. The summed E-state index contributed by atoms with van der Waals surface area (Å²) in [4.78, 5) is 9.02. The van der Waals surface area contributed by atoms with Gasteiger partial charge in [-0.3, -0.25) is 4.98 Å². The number of hydrogen-bond donors (Lipinski definition) is 2. The summed E-state index contributed by atoms with van der Waals surface area (Å²) < 4.78 is 29.2. The molecule has 1 atom stereocenters. The third-order valence-corrected chi connectivity index (χ3v) is 6.28. The fourth-order valence-corrected chi connectivity index (χ4v) is 4.43. The minimum atomic E-state index is -0.553. The molecule has 2 aromatic heterocycles. The molecule has 0 aliphatic heterocycles. The summed E-state index contributed by atoms with van der Waals surface area (Å²) >= 11 is 12.5. The molecule has 3 aromatic carbocycles. The molecule has 0 bridgehead atoms. The zero-order valence-electron chi connectivity index (χ0n) is 19.3. The molecular formula is C27H18Cl2F2N6. The van der Waals surface area contributed by atoms with E-state index in [9.17, 15) is 14.0 Å². The maximum absolute atomic E-state index is 13.7. The average molecular weight is 535 g/mol. The molecule has 0 aliphatic rings. The van der Waals surface area contributed by atoms with E-state index in [0.717, 1.165) is 5.56 Å². The van der Waals surface area contributed by atoms with Crippen molar-refractivity contribution >= 4 is 51.2 Å². The Morgan fingerprint density at radius 2 is 1.81 bits per heavy atom. The van der Waals surface area contributed by atoms with Crippen LogP contribution >= 0.6 is 23.2 Å². The Kier molecular flexibility index (Phi) is 6.66. The van der Waals surface area contributed by atoms with Crippen molar-refractivity contribution in [3.05, 3.63) is 112 Å². The van der Waals surface area contributed by atoms with Crippen LogP contribution in [-0.2, 0) is 7.05 Å². The third-order valence-electron chi connectivity index (χ3n) is 5.77. The van der Waals surface area contributed by atoms with Gasteiger partial charge in [-0.15, -0.1) is 0 Å². The van der Waals surface area contributed by atoms with Crippen molar-refractivity contribution in [3.8, 4) is 6.07 Å². The first-order chi connectivity index (χ1) is 17.8. The van der Waals surface area contributed by atoms with E-state index in [1.807, 2.05) is 17.8 Å². The van der Waals surface area contributed by atoms with Gasteiger partial charge in [-0.25, -0.2) is 13.8 Å². The van der Waals surface area contributed by atoms with Crippen LogP contribution in [0, 0.1) is 23.0 Å². The number of nitrogens with zero attached hydrogens (tertiary/aromatic N) is 4. The van der Waals surface area contributed by atoms with Crippen LogP contribution in [0.1, 0.15) is 22.9 Å². The largest absolute Gasteiger partial charge is 0.371 e. The number of aryl methyl sites for hydroxylation is 1. The smallest absolute Gasteiger partial charge is 0.141 e. The zero-order chi connectivity index (χ0) is 26.1. The summed E-state index contributed by atoms with van der Waals surface area (Å²) in [6.45, 7) is 0. The van der Waals surface area contributed by atoms with Gasteiger partial charge in [-0.05, 0) is 48.0 Å². The molecule has 0 amide bonds. The highest BCUT2D eigenvalue weighted by Gasteiger charge is 2.20. The highest BCUT2D eigenvalue weighted by atomic mass is 35.5. The van der Waals surface area contributed by atoms with E-state index in [1.165, 1.54) is 36.5 Å². The average Bonchev–Trinajstić information content (AvgIpc) is 3.31. The molecule has 10 heteroatoms. The number of aromatic nitrogens is 3. The molecule has 0 radical (unpaired) electrons. The summed E-state index contributed by atoms with van der Waals surface area (Å²) in [6, 6.07) is 15.4.